The summed E-state index contributed by atoms with van der Waals surface area (Å²) in [6.45, 7) is 4.78. The Morgan fingerprint density at radius 3 is 2.50 bits per heavy atom. The normalized spacial score (nSPS) is 11.9. The molecule has 0 aliphatic rings. The standard InChI is InChI=1S/C26H27N5O3/c1-3-15-30(25(32)20-12-16-29(34)17-13-20)22(4-2)24-28-23-21(11-8-14-27-23)26(33)31(24)18-19-9-6-5-7-10-19/h5-14,16-17,22H,3-4,15,18H2,1-2H3. The Balaban J connectivity index is 1.87. The number of nitrogens with zero attached hydrogens (tertiary/aromatic N) is 5. The fraction of sp³-hybridized carbons (Fsp3) is 0.269. The van der Waals surface area contributed by atoms with Gasteiger partial charge in [0.15, 0.2) is 18.0 Å². The first kappa shape index (κ1) is 23.1. The van der Waals surface area contributed by atoms with E-state index in [0.29, 0.717) is 46.7 Å². The van der Waals surface area contributed by atoms with Crippen LogP contribution < -0.4 is 10.3 Å². The van der Waals surface area contributed by atoms with Crippen molar-refractivity contribution < 1.29 is 9.52 Å². The Bertz CT molecular complexity index is 1340. The van der Waals surface area contributed by atoms with Crippen molar-refractivity contribution in [3.05, 3.63) is 106 Å². The number of carbonyl (C=O) groups is 1. The van der Waals surface area contributed by atoms with Crippen molar-refractivity contribution in [3.63, 3.8) is 0 Å². The summed E-state index contributed by atoms with van der Waals surface area (Å²) in [5.74, 6) is 0.287. The van der Waals surface area contributed by atoms with Gasteiger partial charge in [-0.25, -0.2) is 9.97 Å². The van der Waals surface area contributed by atoms with Gasteiger partial charge in [-0.1, -0.05) is 44.2 Å². The molecule has 174 valence electrons. The highest BCUT2D eigenvalue weighted by molar-refractivity contribution is 5.94. The van der Waals surface area contributed by atoms with Gasteiger partial charge in [0, 0.05) is 24.9 Å². The number of pyridine rings is 2. The molecule has 0 aliphatic heterocycles. The monoisotopic (exact) mass is 457 g/mol. The molecule has 34 heavy (non-hydrogen) atoms. The third-order valence-electron chi connectivity index (χ3n) is 5.78. The molecule has 0 bridgehead atoms. The molecule has 4 aromatic rings. The molecule has 0 radical (unpaired) electrons. The molecule has 4 rings (SSSR count). The lowest BCUT2D eigenvalue weighted by molar-refractivity contribution is -0.605. The number of benzene rings is 1. The van der Waals surface area contributed by atoms with Crippen LogP contribution in [0, 0.1) is 5.21 Å². The quantitative estimate of drug-likeness (QED) is 0.298. The number of aromatic nitrogens is 4. The van der Waals surface area contributed by atoms with E-state index < -0.39 is 6.04 Å². The second kappa shape index (κ2) is 10.2. The van der Waals surface area contributed by atoms with Crippen molar-refractivity contribution in [3.8, 4) is 0 Å². The first-order valence-corrected chi connectivity index (χ1v) is 11.4. The van der Waals surface area contributed by atoms with Gasteiger partial charge in [0.05, 0.1) is 23.5 Å². The Morgan fingerprint density at radius 2 is 1.82 bits per heavy atom. The second-order valence-corrected chi connectivity index (χ2v) is 8.09. The summed E-state index contributed by atoms with van der Waals surface area (Å²) in [5.41, 5.74) is 1.55. The van der Waals surface area contributed by atoms with Crippen molar-refractivity contribution in [2.24, 2.45) is 0 Å². The van der Waals surface area contributed by atoms with E-state index in [1.165, 1.54) is 24.5 Å². The summed E-state index contributed by atoms with van der Waals surface area (Å²) < 4.78 is 2.30. The molecule has 3 aromatic heterocycles. The van der Waals surface area contributed by atoms with Crippen molar-refractivity contribution in [1.82, 2.24) is 19.4 Å². The molecule has 0 spiro atoms. The maximum atomic E-state index is 13.6. The predicted octanol–water partition coefficient (Wildman–Crippen LogP) is 3.48. The molecule has 8 heteroatoms. The maximum absolute atomic E-state index is 13.6. The smallest absolute Gasteiger partial charge is 0.263 e. The lowest BCUT2D eigenvalue weighted by Gasteiger charge is -2.32. The SMILES string of the molecule is CCCN(C(=O)c1cc[n+]([O-])cc1)C(CC)c1nc2ncccc2c(=O)n1Cc1ccccc1. The van der Waals surface area contributed by atoms with Gasteiger partial charge in [0.1, 0.15) is 5.82 Å². The van der Waals surface area contributed by atoms with Crippen molar-refractivity contribution in [2.75, 3.05) is 6.54 Å². The third kappa shape index (κ3) is 4.66. The largest absolute Gasteiger partial charge is 0.619 e. The lowest BCUT2D eigenvalue weighted by Crippen LogP contribution is -2.40. The topological polar surface area (TPSA) is 95.0 Å². The minimum atomic E-state index is -0.449. The molecule has 0 N–H and O–H groups in total. The van der Waals surface area contributed by atoms with Crippen LogP contribution in [0.3, 0.4) is 0 Å². The molecule has 3 heterocycles. The summed E-state index contributed by atoms with van der Waals surface area (Å²) in [4.78, 5) is 38.0. The zero-order chi connectivity index (χ0) is 24.1. The molecule has 8 nitrogen and oxygen atoms in total. The molecule has 0 fully saturated rings. The fourth-order valence-electron chi connectivity index (χ4n) is 4.15. The summed E-state index contributed by atoms with van der Waals surface area (Å²) in [6, 6.07) is 15.7. The van der Waals surface area contributed by atoms with Gasteiger partial charge in [0.2, 0.25) is 0 Å². The van der Waals surface area contributed by atoms with E-state index in [0.717, 1.165) is 12.0 Å². The van der Waals surface area contributed by atoms with Gasteiger partial charge in [-0.2, -0.15) is 4.73 Å². The van der Waals surface area contributed by atoms with Gasteiger partial charge >= 0.3 is 0 Å². The van der Waals surface area contributed by atoms with E-state index in [2.05, 4.69) is 4.98 Å². The van der Waals surface area contributed by atoms with Crippen LogP contribution in [-0.2, 0) is 6.54 Å². The Morgan fingerprint density at radius 1 is 1.09 bits per heavy atom. The fourth-order valence-corrected chi connectivity index (χ4v) is 4.15. The zero-order valence-corrected chi connectivity index (χ0v) is 19.3. The van der Waals surface area contributed by atoms with Crippen LogP contribution in [0.5, 0.6) is 0 Å². The molecular formula is C26H27N5O3. The Hall–Kier alpha value is -4.07. The van der Waals surface area contributed by atoms with Crippen LogP contribution in [0.25, 0.3) is 11.0 Å². The minimum Gasteiger partial charge on any atom is -0.619 e. The maximum Gasteiger partial charge on any atom is 0.263 e. The van der Waals surface area contributed by atoms with Gasteiger partial charge in [-0.05, 0) is 30.5 Å². The highest BCUT2D eigenvalue weighted by Gasteiger charge is 2.29. The summed E-state index contributed by atoms with van der Waals surface area (Å²) >= 11 is 0. The Labute approximate surface area is 197 Å². The molecule has 1 atom stereocenters. The number of amides is 1. The average molecular weight is 458 g/mol. The van der Waals surface area contributed by atoms with E-state index in [1.54, 1.807) is 27.8 Å². The predicted molar refractivity (Wildman–Crippen MR) is 129 cm³/mol. The van der Waals surface area contributed by atoms with Crippen molar-refractivity contribution in [1.29, 1.82) is 0 Å². The van der Waals surface area contributed by atoms with Gasteiger partial charge in [-0.3, -0.25) is 14.2 Å². The van der Waals surface area contributed by atoms with E-state index in [4.69, 9.17) is 4.98 Å². The van der Waals surface area contributed by atoms with E-state index in [9.17, 15) is 14.8 Å². The summed E-state index contributed by atoms with van der Waals surface area (Å²) in [5, 5.41) is 11.9. The highest BCUT2D eigenvalue weighted by Crippen LogP contribution is 2.26. The van der Waals surface area contributed by atoms with Gasteiger partial charge in [-0.15, -0.1) is 0 Å². The third-order valence-corrected chi connectivity index (χ3v) is 5.78. The summed E-state index contributed by atoms with van der Waals surface area (Å²) in [7, 11) is 0. The first-order chi connectivity index (χ1) is 16.5. The van der Waals surface area contributed by atoms with Crippen LogP contribution in [-0.4, -0.2) is 31.9 Å². The molecule has 0 saturated carbocycles. The van der Waals surface area contributed by atoms with E-state index in [1.807, 2.05) is 44.2 Å². The molecule has 0 saturated heterocycles. The number of fused-ring (bicyclic) bond motifs is 1. The molecule has 1 unspecified atom stereocenters. The van der Waals surface area contributed by atoms with Crippen LogP contribution in [0.1, 0.15) is 54.5 Å². The molecule has 1 amide bonds. The van der Waals surface area contributed by atoms with E-state index >= 15 is 0 Å². The van der Waals surface area contributed by atoms with Crippen molar-refractivity contribution >= 4 is 16.9 Å². The first-order valence-electron chi connectivity index (χ1n) is 11.4. The van der Waals surface area contributed by atoms with Crippen LogP contribution in [0.2, 0.25) is 0 Å². The number of rotatable bonds is 8. The Kier molecular flexibility index (Phi) is 6.96. The lowest BCUT2D eigenvalue weighted by atomic mass is 10.1. The van der Waals surface area contributed by atoms with Gasteiger partial charge < -0.3 is 10.1 Å². The van der Waals surface area contributed by atoms with Crippen molar-refractivity contribution in [2.45, 2.75) is 39.3 Å². The molecule has 0 aliphatic carbocycles. The zero-order valence-electron chi connectivity index (χ0n) is 19.3. The second-order valence-electron chi connectivity index (χ2n) is 8.09. The molecule has 1 aromatic carbocycles. The number of hydrogen-bond donors (Lipinski definition) is 0. The van der Waals surface area contributed by atoms with Crippen LogP contribution in [0.4, 0.5) is 0 Å². The average Bonchev–Trinajstić information content (AvgIpc) is 2.87. The van der Waals surface area contributed by atoms with Gasteiger partial charge in [0.25, 0.3) is 11.5 Å². The minimum absolute atomic E-state index is 0.189. The van der Waals surface area contributed by atoms with Crippen LogP contribution >= 0.6 is 0 Å². The summed E-state index contributed by atoms with van der Waals surface area (Å²) in [6.07, 6.45) is 5.51. The van der Waals surface area contributed by atoms with E-state index in [-0.39, 0.29) is 11.5 Å². The number of carbonyl (C=O) groups excluding carboxylic acids is 1. The highest BCUT2D eigenvalue weighted by atomic mass is 16.5. The van der Waals surface area contributed by atoms with Crippen LogP contribution in [0.15, 0.2) is 78.0 Å². The molecular weight excluding hydrogens is 430 g/mol. The number of hydrogen-bond acceptors (Lipinski definition) is 5.